The maximum Gasteiger partial charge on any atom is 0.321 e. The van der Waals surface area contributed by atoms with Gasteiger partial charge in [0, 0.05) is 24.2 Å². The number of aliphatic hydroxyl groups excluding tert-OH is 1. The molecule has 1 aromatic rings. The highest BCUT2D eigenvalue weighted by Crippen LogP contribution is 2.63. The number of allylic oxidation sites excluding steroid dienone is 1. The van der Waals surface area contributed by atoms with Crippen LogP contribution in [-0.4, -0.2) is 54.2 Å². The van der Waals surface area contributed by atoms with Gasteiger partial charge in [-0.15, -0.1) is 0 Å². The number of fused-ring (bicyclic) bond motifs is 4. The van der Waals surface area contributed by atoms with E-state index in [9.17, 15) is 14.7 Å². The highest BCUT2D eigenvalue weighted by atomic mass is 16.5. The quantitative estimate of drug-likeness (QED) is 0.444. The fourth-order valence-electron chi connectivity index (χ4n) is 6.29. The lowest BCUT2D eigenvalue weighted by atomic mass is 9.59. The van der Waals surface area contributed by atoms with Gasteiger partial charge in [-0.2, -0.15) is 0 Å². The molecule has 1 spiro atoms. The molecule has 6 nitrogen and oxygen atoms in total. The first kappa shape index (κ1) is 17.0. The van der Waals surface area contributed by atoms with E-state index in [2.05, 4.69) is 10.2 Å². The Balaban J connectivity index is 1.76. The molecule has 142 valence electrons. The van der Waals surface area contributed by atoms with E-state index in [-0.39, 0.29) is 17.7 Å². The predicted molar refractivity (Wildman–Crippen MR) is 99.0 cm³/mol. The number of nitrogens with zero attached hydrogens (tertiary/aromatic N) is 1. The first-order chi connectivity index (χ1) is 13.0. The number of para-hydroxylation sites is 1. The van der Waals surface area contributed by atoms with Crippen LogP contribution < -0.4 is 5.32 Å². The average molecular weight is 368 g/mol. The normalized spacial score (nSPS) is 42.9. The van der Waals surface area contributed by atoms with Gasteiger partial charge in [0.1, 0.15) is 17.1 Å². The molecule has 27 heavy (non-hydrogen) atoms. The summed E-state index contributed by atoms with van der Waals surface area (Å²) in [6, 6.07) is 7.28. The van der Waals surface area contributed by atoms with E-state index in [1.807, 2.05) is 37.3 Å². The third-order valence-electron chi connectivity index (χ3n) is 7.41. The maximum absolute atomic E-state index is 14.2. The zero-order valence-electron chi connectivity index (χ0n) is 15.6. The van der Waals surface area contributed by atoms with E-state index in [4.69, 9.17) is 4.74 Å². The van der Waals surface area contributed by atoms with Crippen LogP contribution in [0, 0.1) is 11.3 Å². The number of carbonyl (C=O) groups is 2. The molecule has 0 aromatic heterocycles. The molecule has 5 aliphatic rings. The zero-order valence-corrected chi connectivity index (χ0v) is 15.6. The van der Waals surface area contributed by atoms with Gasteiger partial charge in [0.15, 0.2) is 5.78 Å². The average Bonchev–Trinajstić information content (AvgIpc) is 3.16. The van der Waals surface area contributed by atoms with E-state index >= 15 is 0 Å². The third kappa shape index (κ3) is 1.74. The number of ketones is 1. The molecule has 2 N–H and O–H groups in total. The number of rotatable bonds is 1. The Bertz CT molecular complexity index is 881. The number of Topliss-reactive ketones (excluding diaryl/α,β-unsaturated/α-hetero) is 1. The van der Waals surface area contributed by atoms with Crippen molar-refractivity contribution in [2.24, 2.45) is 11.3 Å². The summed E-state index contributed by atoms with van der Waals surface area (Å²) in [4.78, 5) is 29.6. The Morgan fingerprint density at radius 3 is 2.93 bits per heavy atom. The lowest BCUT2D eigenvalue weighted by molar-refractivity contribution is -0.171. The Labute approximate surface area is 158 Å². The smallest absolute Gasteiger partial charge is 0.321 e. The summed E-state index contributed by atoms with van der Waals surface area (Å²) in [5.41, 5.74) is 0.336. The predicted octanol–water partition coefficient (Wildman–Crippen LogP) is 1.45. The summed E-state index contributed by atoms with van der Waals surface area (Å²) in [7, 11) is 1.36. The molecular weight excluding hydrogens is 344 g/mol. The second-order valence-corrected chi connectivity index (χ2v) is 8.15. The fourth-order valence-corrected chi connectivity index (χ4v) is 6.29. The number of esters is 1. The van der Waals surface area contributed by atoms with Gasteiger partial charge in [0.2, 0.25) is 0 Å². The van der Waals surface area contributed by atoms with Crippen molar-refractivity contribution in [3.8, 4) is 0 Å². The minimum atomic E-state index is -1.24. The molecule has 4 fully saturated rings. The third-order valence-corrected chi connectivity index (χ3v) is 7.41. The van der Waals surface area contributed by atoms with Crippen LogP contribution in [0.1, 0.15) is 25.3 Å². The van der Waals surface area contributed by atoms with Crippen molar-refractivity contribution in [2.75, 3.05) is 25.5 Å². The standard InChI is InChI=1S/C21H24N2O4/c1-3-12-11-23-9-8-13(12)21(19(26)27-2)16(23)10-20(17(21)24)14-6-4-5-7-15(14)22-18(20)25/h3-7,13,16,18,22,25H,8-11H2,1-2H3/t13-,16-,18-,20-,21+/m1/s1. The minimum absolute atomic E-state index is 0.156. The van der Waals surface area contributed by atoms with Crippen LogP contribution in [0.15, 0.2) is 35.9 Å². The van der Waals surface area contributed by atoms with E-state index in [0.29, 0.717) is 6.42 Å². The van der Waals surface area contributed by atoms with E-state index in [1.54, 1.807) is 0 Å². The number of aliphatic hydroxyl groups is 1. The van der Waals surface area contributed by atoms with Crippen LogP contribution in [0.25, 0.3) is 0 Å². The van der Waals surface area contributed by atoms with Gasteiger partial charge < -0.3 is 15.2 Å². The fraction of sp³-hybridized carbons (Fsp3) is 0.524. The molecule has 6 atom stereocenters. The Kier molecular flexibility index (Phi) is 3.41. The van der Waals surface area contributed by atoms with Gasteiger partial charge >= 0.3 is 5.97 Å². The molecule has 3 saturated heterocycles. The van der Waals surface area contributed by atoms with Crippen LogP contribution in [0.2, 0.25) is 0 Å². The highest BCUT2D eigenvalue weighted by molar-refractivity contribution is 6.14. The molecular formula is C21H24N2O4. The van der Waals surface area contributed by atoms with Crippen molar-refractivity contribution in [3.05, 3.63) is 41.5 Å². The summed E-state index contributed by atoms with van der Waals surface area (Å²) in [5, 5.41) is 14.1. The second kappa shape index (κ2) is 5.42. The zero-order chi connectivity index (χ0) is 19.0. The molecule has 4 aliphatic heterocycles. The molecule has 1 aliphatic carbocycles. The number of piperidine rings is 3. The molecule has 0 radical (unpaired) electrons. The number of hydrogen-bond acceptors (Lipinski definition) is 6. The van der Waals surface area contributed by atoms with Crippen LogP contribution in [0.4, 0.5) is 5.69 Å². The molecule has 2 bridgehead atoms. The van der Waals surface area contributed by atoms with E-state index < -0.39 is 23.0 Å². The Morgan fingerprint density at radius 1 is 1.41 bits per heavy atom. The summed E-state index contributed by atoms with van der Waals surface area (Å²) >= 11 is 0. The van der Waals surface area contributed by atoms with Gasteiger partial charge in [-0.25, -0.2) is 0 Å². The first-order valence-corrected chi connectivity index (χ1v) is 9.58. The summed E-state index contributed by atoms with van der Waals surface area (Å²) < 4.78 is 5.22. The number of carbonyl (C=O) groups excluding carboxylic acids is 2. The summed E-state index contributed by atoms with van der Waals surface area (Å²) in [6.45, 7) is 3.60. The first-order valence-electron chi connectivity index (χ1n) is 9.58. The van der Waals surface area contributed by atoms with E-state index in [0.717, 1.165) is 36.3 Å². The van der Waals surface area contributed by atoms with Crippen molar-refractivity contribution in [3.63, 3.8) is 0 Å². The number of benzene rings is 1. The summed E-state index contributed by atoms with van der Waals surface area (Å²) in [5.74, 6) is -0.804. The molecule has 0 amide bonds. The second-order valence-electron chi connectivity index (χ2n) is 8.15. The van der Waals surface area contributed by atoms with Gasteiger partial charge in [0.05, 0.1) is 7.11 Å². The molecule has 1 saturated carbocycles. The number of methoxy groups -OCH3 is 1. The number of anilines is 1. The number of ether oxygens (including phenoxy) is 1. The highest BCUT2D eigenvalue weighted by Gasteiger charge is 2.76. The minimum Gasteiger partial charge on any atom is -0.468 e. The lowest BCUT2D eigenvalue weighted by Crippen LogP contribution is -2.66. The largest absolute Gasteiger partial charge is 0.468 e. The van der Waals surface area contributed by atoms with Crippen molar-refractivity contribution < 1.29 is 19.4 Å². The molecule has 6 rings (SSSR count). The topological polar surface area (TPSA) is 78.9 Å². The number of hydrogen-bond donors (Lipinski definition) is 2. The van der Waals surface area contributed by atoms with E-state index in [1.165, 1.54) is 7.11 Å². The van der Waals surface area contributed by atoms with Gasteiger partial charge in [0.25, 0.3) is 0 Å². The van der Waals surface area contributed by atoms with Gasteiger partial charge in [-0.05, 0) is 37.9 Å². The Morgan fingerprint density at radius 2 is 2.19 bits per heavy atom. The lowest BCUT2D eigenvalue weighted by Gasteiger charge is -2.54. The van der Waals surface area contributed by atoms with Crippen LogP contribution in [0.3, 0.4) is 0 Å². The SMILES string of the molecule is CC=C1CN2CC[C@H]1[C@@]1(C(=O)OC)C(=O)[C@@]3(C[C@@H]21)c1ccccc1N[C@@H]3O. The van der Waals surface area contributed by atoms with Crippen LogP contribution in [-0.2, 0) is 19.7 Å². The van der Waals surface area contributed by atoms with Crippen LogP contribution >= 0.6 is 0 Å². The van der Waals surface area contributed by atoms with Crippen molar-refractivity contribution in [1.29, 1.82) is 0 Å². The monoisotopic (exact) mass is 368 g/mol. The van der Waals surface area contributed by atoms with Crippen LogP contribution in [0.5, 0.6) is 0 Å². The van der Waals surface area contributed by atoms with Crippen molar-refractivity contribution in [2.45, 2.75) is 37.5 Å². The van der Waals surface area contributed by atoms with Gasteiger partial charge in [-0.1, -0.05) is 29.8 Å². The van der Waals surface area contributed by atoms with Crippen molar-refractivity contribution in [1.82, 2.24) is 4.90 Å². The Hall–Kier alpha value is -2.18. The number of nitrogens with one attached hydrogen (secondary N) is 1. The molecule has 4 heterocycles. The maximum atomic E-state index is 14.2. The van der Waals surface area contributed by atoms with Crippen molar-refractivity contribution >= 4 is 17.4 Å². The molecule has 1 unspecified atom stereocenters. The molecule has 1 aromatic carbocycles. The molecule has 6 heteroatoms. The van der Waals surface area contributed by atoms with Gasteiger partial charge in [-0.3, -0.25) is 14.5 Å². The summed E-state index contributed by atoms with van der Waals surface area (Å²) in [6.07, 6.45) is 2.19.